The van der Waals surface area contributed by atoms with Gasteiger partial charge in [0.1, 0.15) is 0 Å². The summed E-state index contributed by atoms with van der Waals surface area (Å²) in [5.41, 5.74) is 1.57. The van der Waals surface area contributed by atoms with Crippen molar-refractivity contribution in [1.82, 2.24) is 4.98 Å². The summed E-state index contributed by atoms with van der Waals surface area (Å²) in [6, 6.07) is 7.96. The standard InChI is InChI=1S/C18H19NO3/c1-4-12-11(3)22-18(5-2,10-15(20)21)17-16(12)13-8-6-7-9-14(13)19-17/h2,6-9,11-12,19H,4,10H2,1,3H3,(H,20,21). The van der Waals surface area contributed by atoms with Gasteiger partial charge in [-0.2, -0.15) is 0 Å². The number of hydrogen-bond acceptors (Lipinski definition) is 2. The van der Waals surface area contributed by atoms with Crippen LogP contribution in [0.1, 0.15) is 43.9 Å². The van der Waals surface area contributed by atoms with Gasteiger partial charge in [-0.25, -0.2) is 0 Å². The maximum atomic E-state index is 11.3. The topological polar surface area (TPSA) is 62.3 Å². The van der Waals surface area contributed by atoms with Crippen LogP contribution in [0.2, 0.25) is 0 Å². The molecule has 0 fully saturated rings. The highest BCUT2D eigenvalue weighted by Crippen LogP contribution is 2.47. The van der Waals surface area contributed by atoms with Gasteiger partial charge in [0.15, 0.2) is 5.60 Å². The van der Waals surface area contributed by atoms with Crippen LogP contribution in [0.25, 0.3) is 10.9 Å². The van der Waals surface area contributed by atoms with Gasteiger partial charge in [-0.1, -0.05) is 31.0 Å². The van der Waals surface area contributed by atoms with Crippen molar-refractivity contribution in [1.29, 1.82) is 0 Å². The number of carbonyl (C=O) groups is 1. The maximum absolute atomic E-state index is 11.3. The molecule has 22 heavy (non-hydrogen) atoms. The molecule has 1 aromatic heterocycles. The average molecular weight is 297 g/mol. The van der Waals surface area contributed by atoms with E-state index in [2.05, 4.69) is 17.8 Å². The number of nitrogens with one attached hydrogen (secondary N) is 1. The Hall–Kier alpha value is -2.25. The molecule has 0 radical (unpaired) electrons. The molecule has 4 heteroatoms. The Labute approximate surface area is 129 Å². The quantitative estimate of drug-likeness (QED) is 0.854. The second-order valence-electron chi connectivity index (χ2n) is 5.84. The number of carboxylic acid groups (broad SMARTS) is 1. The molecule has 1 aromatic carbocycles. The summed E-state index contributed by atoms with van der Waals surface area (Å²) in [5, 5.41) is 10.4. The van der Waals surface area contributed by atoms with Crippen molar-refractivity contribution in [2.24, 2.45) is 0 Å². The Morgan fingerprint density at radius 2 is 2.23 bits per heavy atom. The molecule has 2 aromatic rings. The molecule has 2 N–H and O–H groups in total. The van der Waals surface area contributed by atoms with E-state index in [9.17, 15) is 9.90 Å². The maximum Gasteiger partial charge on any atom is 0.307 e. The highest BCUT2D eigenvalue weighted by Gasteiger charge is 2.46. The molecule has 0 aliphatic carbocycles. The number of aromatic nitrogens is 1. The van der Waals surface area contributed by atoms with Crippen LogP contribution >= 0.6 is 0 Å². The van der Waals surface area contributed by atoms with Crippen molar-refractivity contribution in [3.8, 4) is 12.3 Å². The van der Waals surface area contributed by atoms with Crippen LogP contribution in [0, 0.1) is 12.3 Å². The zero-order valence-electron chi connectivity index (χ0n) is 12.7. The van der Waals surface area contributed by atoms with Crippen molar-refractivity contribution in [2.45, 2.75) is 44.3 Å². The molecule has 3 unspecified atom stereocenters. The van der Waals surface area contributed by atoms with Crippen LogP contribution in [0.4, 0.5) is 0 Å². The van der Waals surface area contributed by atoms with E-state index in [1.165, 1.54) is 0 Å². The van der Waals surface area contributed by atoms with E-state index < -0.39 is 11.6 Å². The van der Waals surface area contributed by atoms with E-state index >= 15 is 0 Å². The first-order valence-corrected chi connectivity index (χ1v) is 7.51. The Bertz CT molecular complexity index is 770. The molecule has 2 heterocycles. The molecular formula is C18H19NO3. The predicted octanol–water partition coefficient (Wildman–Crippen LogP) is 3.38. The van der Waals surface area contributed by atoms with Crippen LogP contribution in [0.15, 0.2) is 24.3 Å². The number of aliphatic carboxylic acids is 1. The average Bonchev–Trinajstić information content (AvgIpc) is 2.87. The molecule has 0 bridgehead atoms. The lowest BCUT2D eigenvalue weighted by Crippen LogP contribution is -2.42. The third-order valence-corrected chi connectivity index (χ3v) is 4.55. The first kappa shape index (κ1) is 14.7. The monoisotopic (exact) mass is 297 g/mol. The van der Waals surface area contributed by atoms with E-state index in [1.54, 1.807) is 0 Å². The fourth-order valence-electron chi connectivity index (χ4n) is 3.60. The third kappa shape index (κ3) is 2.01. The Balaban J connectivity index is 2.31. The SMILES string of the molecule is C#CC1(CC(=O)O)OC(C)C(CC)c2c1[nH]c1ccccc21. The van der Waals surface area contributed by atoms with Crippen molar-refractivity contribution in [3.05, 3.63) is 35.5 Å². The van der Waals surface area contributed by atoms with Crippen LogP contribution in [-0.2, 0) is 15.1 Å². The van der Waals surface area contributed by atoms with E-state index in [0.717, 1.165) is 28.6 Å². The number of benzene rings is 1. The molecule has 0 saturated carbocycles. The van der Waals surface area contributed by atoms with Crippen LogP contribution in [0.3, 0.4) is 0 Å². The molecule has 1 aliphatic rings. The summed E-state index contributed by atoms with van der Waals surface area (Å²) in [4.78, 5) is 14.6. The number of ether oxygens (including phenoxy) is 1. The molecule has 3 atom stereocenters. The second-order valence-corrected chi connectivity index (χ2v) is 5.84. The first-order chi connectivity index (χ1) is 10.5. The number of para-hydroxylation sites is 1. The van der Waals surface area contributed by atoms with E-state index in [4.69, 9.17) is 11.2 Å². The van der Waals surface area contributed by atoms with E-state index in [1.807, 2.05) is 31.2 Å². The molecule has 114 valence electrons. The first-order valence-electron chi connectivity index (χ1n) is 7.51. The van der Waals surface area contributed by atoms with Gasteiger partial charge in [0.2, 0.25) is 0 Å². The Morgan fingerprint density at radius 1 is 1.50 bits per heavy atom. The molecule has 3 rings (SSSR count). The highest BCUT2D eigenvalue weighted by atomic mass is 16.5. The van der Waals surface area contributed by atoms with Crippen molar-refractivity contribution < 1.29 is 14.6 Å². The zero-order valence-corrected chi connectivity index (χ0v) is 12.7. The minimum Gasteiger partial charge on any atom is -0.481 e. The van der Waals surface area contributed by atoms with Crippen molar-refractivity contribution in [2.75, 3.05) is 0 Å². The molecule has 0 spiro atoms. The van der Waals surface area contributed by atoms with Crippen LogP contribution in [-0.4, -0.2) is 22.2 Å². The lowest BCUT2D eigenvalue weighted by molar-refractivity contribution is -0.148. The Kier molecular flexibility index (Phi) is 3.46. The van der Waals surface area contributed by atoms with Gasteiger partial charge >= 0.3 is 5.97 Å². The van der Waals surface area contributed by atoms with E-state index in [0.29, 0.717) is 0 Å². The fraction of sp³-hybridized carbons (Fsp3) is 0.389. The molecule has 4 nitrogen and oxygen atoms in total. The smallest absolute Gasteiger partial charge is 0.307 e. The molecule has 0 amide bonds. The van der Waals surface area contributed by atoms with Crippen LogP contribution < -0.4 is 0 Å². The number of fused-ring (bicyclic) bond motifs is 3. The van der Waals surface area contributed by atoms with Gasteiger partial charge in [0, 0.05) is 16.8 Å². The van der Waals surface area contributed by atoms with Gasteiger partial charge in [-0.3, -0.25) is 4.79 Å². The summed E-state index contributed by atoms with van der Waals surface area (Å²) < 4.78 is 6.05. The summed E-state index contributed by atoms with van der Waals surface area (Å²) in [6.07, 6.45) is 6.24. The lowest BCUT2D eigenvalue weighted by Gasteiger charge is -2.40. The van der Waals surface area contributed by atoms with Gasteiger partial charge in [-0.05, 0) is 25.0 Å². The minimum absolute atomic E-state index is 0.132. The molecule has 0 saturated heterocycles. The van der Waals surface area contributed by atoms with Crippen molar-refractivity contribution >= 4 is 16.9 Å². The molecule has 1 aliphatic heterocycles. The van der Waals surface area contributed by atoms with Crippen LogP contribution in [0.5, 0.6) is 0 Å². The number of aromatic amines is 1. The van der Waals surface area contributed by atoms with E-state index in [-0.39, 0.29) is 18.4 Å². The highest BCUT2D eigenvalue weighted by molar-refractivity contribution is 5.86. The van der Waals surface area contributed by atoms with Crippen molar-refractivity contribution in [3.63, 3.8) is 0 Å². The Morgan fingerprint density at radius 3 is 2.86 bits per heavy atom. The predicted molar refractivity (Wildman–Crippen MR) is 84.6 cm³/mol. The fourth-order valence-corrected chi connectivity index (χ4v) is 3.60. The summed E-state index contributed by atoms with van der Waals surface area (Å²) in [5.74, 6) is 1.83. The largest absolute Gasteiger partial charge is 0.481 e. The number of carboxylic acids is 1. The third-order valence-electron chi connectivity index (χ3n) is 4.55. The summed E-state index contributed by atoms with van der Waals surface area (Å²) in [6.45, 7) is 4.07. The number of hydrogen-bond donors (Lipinski definition) is 2. The number of H-pyrrole nitrogens is 1. The lowest BCUT2D eigenvalue weighted by atomic mass is 9.80. The zero-order chi connectivity index (χ0) is 15.9. The second kappa shape index (κ2) is 5.19. The number of rotatable bonds is 3. The van der Waals surface area contributed by atoms with Gasteiger partial charge in [-0.15, -0.1) is 6.42 Å². The number of terminal acetylenes is 1. The summed E-state index contributed by atoms with van der Waals surface area (Å²) >= 11 is 0. The molecular weight excluding hydrogens is 278 g/mol. The van der Waals surface area contributed by atoms with Gasteiger partial charge in [0.05, 0.1) is 18.2 Å². The summed E-state index contributed by atoms with van der Waals surface area (Å²) in [7, 11) is 0. The normalized spacial score (nSPS) is 27.3. The van der Waals surface area contributed by atoms with Gasteiger partial charge < -0.3 is 14.8 Å². The minimum atomic E-state index is -1.23. The van der Waals surface area contributed by atoms with Gasteiger partial charge in [0.25, 0.3) is 0 Å².